The van der Waals surface area contributed by atoms with Gasteiger partial charge in [-0.25, -0.2) is 0 Å². The highest BCUT2D eigenvalue weighted by Gasteiger charge is 2.63. The molecule has 218 valence electrons. The zero-order chi connectivity index (χ0) is 29.7. The molecule has 4 aliphatic rings. The Labute approximate surface area is 253 Å². The lowest BCUT2D eigenvalue weighted by atomic mass is 9.76. The molecular weight excluding hydrogens is 534 g/mol. The van der Waals surface area contributed by atoms with Crippen molar-refractivity contribution in [1.82, 2.24) is 9.80 Å². The number of ketones is 1. The van der Waals surface area contributed by atoms with Gasteiger partial charge in [-0.2, -0.15) is 0 Å². The Morgan fingerprint density at radius 2 is 1.49 bits per heavy atom. The number of benzene rings is 3. The van der Waals surface area contributed by atoms with Crippen LogP contribution in [-0.2, 0) is 19.9 Å². The van der Waals surface area contributed by atoms with E-state index in [1.54, 1.807) is 0 Å². The summed E-state index contributed by atoms with van der Waals surface area (Å²) in [6.45, 7) is 5.44. The largest absolute Gasteiger partial charge is 0.334 e. The molecule has 4 aliphatic heterocycles. The molecule has 0 aliphatic carbocycles. The minimum atomic E-state index is -0.821. The summed E-state index contributed by atoms with van der Waals surface area (Å²) in [5.41, 5.74) is 6.36. The number of hydrogen-bond acceptors (Lipinski definition) is 4. The number of carbonyl (C=O) groups excluding carboxylic acids is 3. The van der Waals surface area contributed by atoms with Gasteiger partial charge in [-0.1, -0.05) is 66.7 Å². The molecule has 3 aromatic carbocycles. The van der Waals surface area contributed by atoms with Crippen LogP contribution in [-0.4, -0.2) is 53.1 Å². The van der Waals surface area contributed by atoms with Crippen LogP contribution in [0.1, 0.15) is 53.5 Å². The standard InChI is InChI=1S/C37H37N3O3/c1-24-10-3-5-12-26(24)18-28-22-39(23-29(35(28)42)19-27-13-6-4-11-25(27)2)34(41)21-30-20-31-14-9-17-40(31)37(30)32-15-7-8-16-33(32)38-36(37)43/h3-8,10-13,15-16,18-19,30-31H,9,14,17,20-23H2,1-2H3,(H,38,43)/b28-18+,29-19+/t30-,31-,37-/m1/s1. The second kappa shape index (κ2) is 10.8. The van der Waals surface area contributed by atoms with Crippen molar-refractivity contribution in [2.24, 2.45) is 5.92 Å². The number of para-hydroxylation sites is 1. The van der Waals surface area contributed by atoms with E-state index in [4.69, 9.17) is 0 Å². The van der Waals surface area contributed by atoms with Crippen molar-refractivity contribution in [3.63, 3.8) is 0 Å². The van der Waals surface area contributed by atoms with Crippen LogP contribution in [0.25, 0.3) is 12.2 Å². The Balaban J connectivity index is 1.24. The fourth-order valence-corrected chi connectivity index (χ4v) is 7.89. The van der Waals surface area contributed by atoms with Crippen molar-refractivity contribution < 1.29 is 14.4 Å². The third kappa shape index (κ3) is 4.56. The Morgan fingerprint density at radius 1 is 0.884 bits per heavy atom. The van der Waals surface area contributed by atoms with Gasteiger partial charge in [0.25, 0.3) is 0 Å². The van der Waals surface area contributed by atoms with Crippen molar-refractivity contribution >= 4 is 35.4 Å². The number of likely N-dealkylation sites (tertiary alicyclic amines) is 1. The van der Waals surface area contributed by atoms with E-state index >= 15 is 0 Å². The average molecular weight is 572 g/mol. The lowest BCUT2D eigenvalue weighted by Crippen LogP contribution is -2.52. The number of aryl methyl sites for hydroxylation is 2. The molecule has 0 bridgehead atoms. The van der Waals surface area contributed by atoms with Gasteiger partial charge < -0.3 is 10.2 Å². The van der Waals surface area contributed by atoms with Gasteiger partial charge in [0.2, 0.25) is 11.8 Å². The van der Waals surface area contributed by atoms with Gasteiger partial charge in [0.05, 0.1) is 0 Å². The van der Waals surface area contributed by atoms with Crippen LogP contribution in [0.15, 0.2) is 83.9 Å². The number of nitrogens with one attached hydrogen (secondary N) is 1. The van der Waals surface area contributed by atoms with E-state index in [0.29, 0.717) is 17.2 Å². The first-order valence-electron chi connectivity index (χ1n) is 15.4. The van der Waals surface area contributed by atoms with Gasteiger partial charge in [-0.05, 0) is 80.1 Å². The molecule has 0 unspecified atom stereocenters. The van der Waals surface area contributed by atoms with Gasteiger partial charge in [0.1, 0.15) is 5.54 Å². The molecule has 7 rings (SSSR count). The van der Waals surface area contributed by atoms with E-state index in [1.165, 1.54) is 0 Å². The third-order valence-corrected chi connectivity index (χ3v) is 10.0. The molecule has 3 saturated heterocycles. The molecule has 4 heterocycles. The lowest BCUT2D eigenvalue weighted by Gasteiger charge is -2.38. The van der Waals surface area contributed by atoms with Crippen molar-refractivity contribution in [2.75, 3.05) is 25.0 Å². The van der Waals surface area contributed by atoms with Crippen LogP contribution < -0.4 is 5.32 Å². The highest BCUT2D eigenvalue weighted by molar-refractivity contribution is 6.15. The van der Waals surface area contributed by atoms with Crippen molar-refractivity contribution in [3.8, 4) is 0 Å². The topological polar surface area (TPSA) is 69.7 Å². The molecule has 0 saturated carbocycles. The Bertz CT molecular complexity index is 1640. The number of rotatable bonds is 4. The normalized spacial score (nSPS) is 26.8. The summed E-state index contributed by atoms with van der Waals surface area (Å²) in [6, 6.07) is 24.2. The number of Topliss-reactive ketones (excluding diaryl/α,β-unsaturated/α-hetero) is 1. The van der Waals surface area contributed by atoms with Gasteiger partial charge >= 0.3 is 0 Å². The van der Waals surface area contributed by atoms with Crippen LogP contribution in [0.3, 0.4) is 0 Å². The molecule has 1 N–H and O–H groups in total. The molecular formula is C37H37N3O3. The molecule has 6 heteroatoms. The number of anilines is 1. The molecule has 1 spiro atoms. The van der Waals surface area contributed by atoms with E-state index in [0.717, 1.165) is 59.3 Å². The zero-order valence-corrected chi connectivity index (χ0v) is 24.8. The van der Waals surface area contributed by atoms with E-state index in [2.05, 4.69) is 16.3 Å². The monoisotopic (exact) mass is 571 g/mol. The predicted molar refractivity (Wildman–Crippen MR) is 169 cm³/mol. The first kappa shape index (κ1) is 27.5. The first-order valence-corrected chi connectivity index (χ1v) is 15.4. The van der Waals surface area contributed by atoms with Crippen LogP contribution in [0, 0.1) is 19.8 Å². The molecule has 3 atom stereocenters. The SMILES string of the molecule is Cc1ccccc1/C=C1\CN(C(=O)C[C@H]2C[C@H]3CCCN3[C@]23C(=O)Nc2ccccc23)C/C(=C\c2ccccc2C)C1=O. The summed E-state index contributed by atoms with van der Waals surface area (Å²) in [6.07, 6.45) is 7.08. The molecule has 2 amide bonds. The lowest BCUT2D eigenvalue weighted by molar-refractivity contribution is -0.135. The van der Waals surface area contributed by atoms with Crippen molar-refractivity contribution in [3.05, 3.63) is 112 Å². The van der Waals surface area contributed by atoms with Crippen LogP contribution >= 0.6 is 0 Å². The van der Waals surface area contributed by atoms with E-state index < -0.39 is 5.54 Å². The van der Waals surface area contributed by atoms with Gasteiger partial charge in [0, 0.05) is 53.9 Å². The average Bonchev–Trinajstić information content (AvgIpc) is 3.66. The summed E-state index contributed by atoms with van der Waals surface area (Å²) >= 11 is 0. The van der Waals surface area contributed by atoms with E-state index in [1.807, 2.05) is 97.6 Å². The van der Waals surface area contributed by atoms with Crippen LogP contribution in [0.2, 0.25) is 0 Å². The minimum absolute atomic E-state index is 0.00926. The quantitative estimate of drug-likeness (QED) is 0.396. The number of carbonyl (C=O) groups is 3. The number of amides is 2. The Hall–Kier alpha value is -4.29. The second-order valence-electron chi connectivity index (χ2n) is 12.5. The fraction of sp³-hybridized carbons (Fsp3) is 0.324. The van der Waals surface area contributed by atoms with E-state index in [-0.39, 0.29) is 43.0 Å². The predicted octanol–water partition coefficient (Wildman–Crippen LogP) is 5.90. The maximum Gasteiger partial charge on any atom is 0.249 e. The third-order valence-electron chi connectivity index (χ3n) is 10.0. The molecule has 6 nitrogen and oxygen atoms in total. The summed E-state index contributed by atoms with van der Waals surface area (Å²) < 4.78 is 0. The van der Waals surface area contributed by atoms with E-state index in [9.17, 15) is 14.4 Å². The number of piperidine rings is 1. The van der Waals surface area contributed by atoms with Crippen LogP contribution in [0.5, 0.6) is 0 Å². The van der Waals surface area contributed by atoms with Crippen molar-refractivity contribution in [2.45, 2.75) is 51.1 Å². The first-order chi connectivity index (χ1) is 20.9. The fourth-order valence-electron chi connectivity index (χ4n) is 7.89. The zero-order valence-electron chi connectivity index (χ0n) is 24.8. The molecule has 0 radical (unpaired) electrons. The highest BCUT2D eigenvalue weighted by Crippen LogP contribution is 2.56. The summed E-state index contributed by atoms with van der Waals surface area (Å²) in [4.78, 5) is 46.2. The maximum absolute atomic E-state index is 14.3. The highest BCUT2D eigenvalue weighted by atomic mass is 16.2. The summed E-state index contributed by atoms with van der Waals surface area (Å²) in [5.74, 6) is -0.177. The summed E-state index contributed by atoms with van der Waals surface area (Å²) in [5, 5.41) is 3.14. The second-order valence-corrected chi connectivity index (χ2v) is 12.5. The smallest absolute Gasteiger partial charge is 0.249 e. The van der Waals surface area contributed by atoms with Crippen LogP contribution in [0.4, 0.5) is 5.69 Å². The number of nitrogens with zero attached hydrogens (tertiary/aromatic N) is 2. The molecule has 3 fully saturated rings. The molecule has 43 heavy (non-hydrogen) atoms. The number of hydrogen-bond donors (Lipinski definition) is 1. The number of fused-ring (bicyclic) bond motifs is 4. The van der Waals surface area contributed by atoms with Crippen molar-refractivity contribution in [1.29, 1.82) is 0 Å². The Morgan fingerprint density at radius 3 is 2.14 bits per heavy atom. The van der Waals surface area contributed by atoms with Gasteiger partial charge in [0.15, 0.2) is 5.78 Å². The minimum Gasteiger partial charge on any atom is -0.334 e. The molecule has 3 aromatic rings. The Kier molecular flexibility index (Phi) is 6.89. The summed E-state index contributed by atoms with van der Waals surface area (Å²) in [7, 11) is 0. The van der Waals surface area contributed by atoms with Gasteiger partial charge in [-0.15, -0.1) is 0 Å². The molecule has 0 aromatic heterocycles. The van der Waals surface area contributed by atoms with Gasteiger partial charge in [-0.3, -0.25) is 19.3 Å². The maximum atomic E-state index is 14.3.